The molecule has 0 aliphatic carbocycles. The van der Waals surface area contributed by atoms with Crippen LogP contribution in [0.1, 0.15) is 37.6 Å². The van der Waals surface area contributed by atoms with Gasteiger partial charge in [-0.3, -0.25) is 0 Å². The maximum atomic E-state index is 13.7. The van der Waals surface area contributed by atoms with Crippen molar-refractivity contribution < 1.29 is 14.3 Å². The Morgan fingerprint density at radius 2 is 2.11 bits per heavy atom. The topological polar surface area (TPSA) is 75.3 Å². The summed E-state index contributed by atoms with van der Waals surface area (Å²) in [5.41, 5.74) is 5.50. The summed E-state index contributed by atoms with van der Waals surface area (Å²) in [4.78, 5) is 10.9. The molecule has 100 valence electrons. The third-order valence-corrected chi connectivity index (χ3v) is 2.96. The predicted molar refractivity (Wildman–Crippen MR) is 70.3 cm³/mol. The van der Waals surface area contributed by atoms with Gasteiger partial charge in [0.2, 0.25) is 0 Å². The van der Waals surface area contributed by atoms with Crippen LogP contribution in [0.5, 0.6) is 0 Å². The van der Waals surface area contributed by atoms with E-state index in [9.17, 15) is 9.18 Å². The molecule has 1 rings (SSSR count). The second-order valence-electron chi connectivity index (χ2n) is 4.63. The fourth-order valence-electron chi connectivity index (χ4n) is 1.82. The molecule has 1 unspecified atom stereocenters. The number of halogens is 1. The second kappa shape index (κ2) is 5.71. The molecule has 1 atom stereocenters. The van der Waals surface area contributed by atoms with Crippen molar-refractivity contribution in [2.24, 2.45) is 5.92 Å². The summed E-state index contributed by atoms with van der Waals surface area (Å²) >= 11 is 0. The summed E-state index contributed by atoms with van der Waals surface area (Å²) in [6.07, 6.45) is 0.823. The Balaban J connectivity index is 3.09. The van der Waals surface area contributed by atoms with Gasteiger partial charge in [0.15, 0.2) is 0 Å². The van der Waals surface area contributed by atoms with Gasteiger partial charge in [-0.05, 0) is 24.5 Å². The van der Waals surface area contributed by atoms with Gasteiger partial charge < -0.3 is 16.2 Å². The van der Waals surface area contributed by atoms with E-state index in [0.29, 0.717) is 5.92 Å². The number of benzene rings is 1. The molecule has 0 aromatic heterocycles. The number of hydrogen-bond acceptors (Lipinski definition) is 3. The highest BCUT2D eigenvalue weighted by Gasteiger charge is 2.17. The first-order valence-electron chi connectivity index (χ1n) is 5.95. The van der Waals surface area contributed by atoms with Crippen LogP contribution in [0.3, 0.4) is 0 Å². The normalized spacial score (nSPS) is 12.5. The molecule has 0 aliphatic rings. The molecule has 0 aliphatic heterocycles. The first kappa shape index (κ1) is 14.3. The second-order valence-corrected chi connectivity index (χ2v) is 4.63. The third-order valence-electron chi connectivity index (χ3n) is 2.96. The zero-order valence-electron chi connectivity index (χ0n) is 10.8. The lowest BCUT2D eigenvalue weighted by atomic mass is 10.0. The minimum atomic E-state index is -1.16. The summed E-state index contributed by atoms with van der Waals surface area (Å²) < 4.78 is 13.7. The van der Waals surface area contributed by atoms with E-state index in [1.165, 1.54) is 6.07 Å². The predicted octanol–water partition coefficient (Wildman–Crippen LogP) is 2.95. The van der Waals surface area contributed by atoms with Crippen LogP contribution in [0.15, 0.2) is 12.1 Å². The SMILES string of the molecule is CCC(Nc1cc(C(=O)O)c(N)cc1F)C(C)C. The number of nitrogens with two attached hydrogens (primary N) is 1. The number of nitrogens with one attached hydrogen (secondary N) is 1. The van der Waals surface area contributed by atoms with Gasteiger partial charge in [0, 0.05) is 11.7 Å². The summed E-state index contributed by atoms with van der Waals surface area (Å²) in [6.45, 7) is 6.04. The number of nitrogen functional groups attached to an aromatic ring is 1. The van der Waals surface area contributed by atoms with E-state index >= 15 is 0 Å². The minimum Gasteiger partial charge on any atom is -0.478 e. The van der Waals surface area contributed by atoms with Crippen molar-refractivity contribution in [1.29, 1.82) is 0 Å². The summed E-state index contributed by atoms with van der Waals surface area (Å²) in [5, 5.41) is 12.0. The molecule has 0 spiro atoms. The third kappa shape index (κ3) is 3.12. The largest absolute Gasteiger partial charge is 0.478 e. The van der Waals surface area contributed by atoms with Crippen molar-refractivity contribution in [2.75, 3.05) is 11.1 Å². The van der Waals surface area contributed by atoms with Gasteiger partial charge in [0.1, 0.15) is 5.82 Å². The van der Waals surface area contributed by atoms with Gasteiger partial charge >= 0.3 is 5.97 Å². The van der Waals surface area contributed by atoms with Crippen LogP contribution in [-0.2, 0) is 0 Å². The van der Waals surface area contributed by atoms with Gasteiger partial charge in [-0.15, -0.1) is 0 Å². The highest BCUT2D eigenvalue weighted by atomic mass is 19.1. The fraction of sp³-hybridized carbons (Fsp3) is 0.462. The molecule has 0 saturated heterocycles. The van der Waals surface area contributed by atoms with Crippen LogP contribution in [0.25, 0.3) is 0 Å². The molecule has 0 heterocycles. The Morgan fingerprint density at radius 1 is 1.50 bits per heavy atom. The Bertz CT molecular complexity index is 447. The van der Waals surface area contributed by atoms with Gasteiger partial charge in [-0.2, -0.15) is 0 Å². The monoisotopic (exact) mass is 254 g/mol. The Labute approximate surface area is 106 Å². The lowest BCUT2D eigenvalue weighted by Crippen LogP contribution is -2.25. The van der Waals surface area contributed by atoms with Gasteiger partial charge in [-0.25, -0.2) is 9.18 Å². The number of hydrogen-bond donors (Lipinski definition) is 3. The summed E-state index contributed by atoms with van der Waals surface area (Å²) in [6, 6.07) is 2.38. The first-order chi connectivity index (χ1) is 8.36. The maximum Gasteiger partial charge on any atom is 0.337 e. The van der Waals surface area contributed by atoms with E-state index in [4.69, 9.17) is 10.8 Å². The van der Waals surface area contributed by atoms with Crippen LogP contribution in [0.4, 0.5) is 15.8 Å². The molecule has 4 nitrogen and oxygen atoms in total. The fourth-order valence-corrected chi connectivity index (χ4v) is 1.82. The standard InChI is InChI=1S/C13H19FN2O2/c1-4-11(7(2)3)16-12-5-8(13(17)18)10(15)6-9(12)14/h5-7,11,16H,4,15H2,1-3H3,(H,17,18). The van der Waals surface area contributed by atoms with Crippen LogP contribution in [-0.4, -0.2) is 17.1 Å². The number of anilines is 2. The smallest absolute Gasteiger partial charge is 0.337 e. The minimum absolute atomic E-state index is 0.0665. The molecule has 0 amide bonds. The van der Waals surface area contributed by atoms with Crippen molar-refractivity contribution in [1.82, 2.24) is 0 Å². The molecule has 0 fully saturated rings. The average Bonchev–Trinajstić information content (AvgIpc) is 2.26. The quantitative estimate of drug-likeness (QED) is 0.706. The van der Waals surface area contributed by atoms with Gasteiger partial charge in [-0.1, -0.05) is 20.8 Å². The molecule has 0 saturated carbocycles. The summed E-state index contributed by atoms with van der Waals surface area (Å²) in [5.74, 6) is -1.37. The molecular weight excluding hydrogens is 235 g/mol. The van der Waals surface area contributed by atoms with E-state index in [2.05, 4.69) is 5.32 Å². The molecule has 1 aromatic carbocycles. The lowest BCUT2D eigenvalue weighted by molar-refractivity contribution is 0.0698. The highest BCUT2D eigenvalue weighted by molar-refractivity contribution is 5.94. The van der Waals surface area contributed by atoms with E-state index in [1.807, 2.05) is 20.8 Å². The molecule has 18 heavy (non-hydrogen) atoms. The van der Waals surface area contributed by atoms with Crippen LogP contribution >= 0.6 is 0 Å². The van der Waals surface area contributed by atoms with Crippen molar-refractivity contribution in [3.8, 4) is 0 Å². The van der Waals surface area contributed by atoms with Crippen molar-refractivity contribution in [3.05, 3.63) is 23.5 Å². The first-order valence-corrected chi connectivity index (χ1v) is 5.95. The van der Waals surface area contributed by atoms with E-state index in [0.717, 1.165) is 12.5 Å². The van der Waals surface area contributed by atoms with Crippen LogP contribution < -0.4 is 11.1 Å². The summed E-state index contributed by atoms with van der Waals surface area (Å²) in [7, 11) is 0. The highest BCUT2D eigenvalue weighted by Crippen LogP contribution is 2.24. The zero-order valence-corrected chi connectivity index (χ0v) is 10.8. The Kier molecular flexibility index (Phi) is 4.53. The van der Waals surface area contributed by atoms with Crippen LogP contribution in [0, 0.1) is 11.7 Å². The number of carboxylic acid groups (broad SMARTS) is 1. The number of carbonyl (C=O) groups is 1. The average molecular weight is 254 g/mol. The van der Waals surface area contributed by atoms with Crippen molar-refractivity contribution in [2.45, 2.75) is 33.2 Å². The molecule has 4 N–H and O–H groups in total. The maximum absolute atomic E-state index is 13.7. The van der Waals surface area contributed by atoms with E-state index < -0.39 is 11.8 Å². The van der Waals surface area contributed by atoms with Crippen molar-refractivity contribution >= 4 is 17.3 Å². The molecule has 5 heteroatoms. The van der Waals surface area contributed by atoms with Crippen LogP contribution in [0.2, 0.25) is 0 Å². The molecular formula is C13H19FN2O2. The van der Waals surface area contributed by atoms with E-state index in [1.54, 1.807) is 0 Å². The number of rotatable bonds is 5. The zero-order chi connectivity index (χ0) is 13.9. The molecule has 0 bridgehead atoms. The molecule has 1 aromatic rings. The number of carboxylic acids is 1. The van der Waals surface area contributed by atoms with Gasteiger partial charge in [0.05, 0.1) is 11.3 Å². The van der Waals surface area contributed by atoms with E-state index in [-0.39, 0.29) is 23.0 Å². The van der Waals surface area contributed by atoms with Crippen molar-refractivity contribution in [3.63, 3.8) is 0 Å². The Hall–Kier alpha value is -1.78. The molecule has 0 radical (unpaired) electrons. The van der Waals surface area contributed by atoms with Gasteiger partial charge in [0.25, 0.3) is 0 Å². The Morgan fingerprint density at radius 3 is 2.56 bits per heavy atom. The number of aromatic carboxylic acids is 1. The lowest BCUT2D eigenvalue weighted by Gasteiger charge is -2.22.